The van der Waals surface area contributed by atoms with E-state index in [1.54, 1.807) is 17.7 Å². The van der Waals surface area contributed by atoms with Gasteiger partial charge in [-0.05, 0) is 48.6 Å². The highest BCUT2D eigenvalue weighted by Gasteiger charge is 2.15. The Morgan fingerprint density at radius 1 is 1.10 bits per heavy atom. The molecule has 0 unspecified atom stereocenters. The van der Waals surface area contributed by atoms with Crippen LogP contribution in [0.2, 0.25) is 0 Å². The zero-order valence-corrected chi connectivity index (χ0v) is 18.9. The maximum absolute atomic E-state index is 12.6. The molecule has 0 aliphatic carbocycles. The number of rotatable bonds is 6. The van der Waals surface area contributed by atoms with Gasteiger partial charge in [-0.2, -0.15) is 0 Å². The highest BCUT2D eigenvalue weighted by molar-refractivity contribution is 8.00. The number of fused-ring (bicyclic) bond motifs is 1. The molecule has 30 heavy (non-hydrogen) atoms. The molecule has 152 valence electrons. The molecule has 0 spiro atoms. The average Bonchev–Trinajstić information content (AvgIpc) is 3.19. The SMILES string of the molecule is CCc1ccccc1NC(=O)CSc1ncnc2scc(-c3ccc(C)c(C)c3)c12. The van der Waals surface area contributed by atoms with Crippen molar-refractivity contribution in [2.45, 2.75) is 32.2 Å². The monoisotopic (exact) mass is 433 g/mol. The van der Waals surface area contributed by atoms with Gasteiger partial charge in [0.25, 0.3) is 0 Å². The number of carbonyl (C=O) groups is 1. The molecular weight excluding hydrogens is 410 g/mol. The van der Waals surface area contributed by atoms with Gasteiger partial charge in [0, 0.05) is 16.6 Å². The number of carbonyl (C=O) groups excluding carboxylic acids is 1. The van der Waals surface area contributed by atoms with Gasteiger partial charge in [0.2, 0.25) is 5.91 Å². The summed E-state index contributed by atoms with van der Waals surface area (Å²) in [5, 5.41) is 7.03. The molecule has 1 amide bonds. The van der Waals surface area contributed by atoms with Crippen LogP contribution in [0.3, 0.4) is 0 Å². The third-order valence-electron chi connectivity index (χ3n) is 5.17. The molecular formula is C24H23N3OS2. The Kier molecular flexibility index (Phi) is 6.16. The number of nitrogens with zero attached hydrogens (tertiary/aromatic N) is 2. The fourth-order valence-electron chi connectivity index (χ4n) is 3.35. The fraction of sp³-hybridized carbons (Fsp3) is 0.208. The quantitative estimate of drug-likeness (QED) is 0.288. The van der Waals surface area contributed by atoms with Crippen molar-refractivity contribution in [1.82, 2.24) is 9.97 Å². The predicted octanol–water partition coefficient (Wildman–Crippen LogP) is 6.27. The molecule has 0 saturated heterocycles. The Bertz CT molecular complexity index is 1220. The fourth-order valence-corrected chi connectivity index (χ4v) is 5.14. The molecule has 0 bridgehead atoms. The van der Waals surface area contributed by atoms with Crippen molar-refractivity contribution in [3.8, 4) is 11.1 Å². The summed E-state index contributed by atoms with van der Waals surface area (Å²) in [7, 11) is 0. The molecule has 0 saturated carbocycles. The van der Waals surface area contributed by atoms with Crippen LogP contribution in [0.5, 0.6) is 0 Å². The summed E-state index contributed by atoms with van der Waals surface area (Å²) in [6.45, 7) is 6.32. The number of thiophene rings is 1. The average molecular weight is 434 g/mol. The number of aromatic nitrogens is 2. The number of para-hydroxylation sites is 1. The number of aryl methyl sites for hydroxylation is 3. The first kappa shape index (κ1) is 20.6. The first-order valence-electron chi connectivity index (χ1n) is 9.87. The van der Waals surface area contributed by atoms with Crippen molar-refractivity contribution in [3.63, 3.8) is 0 Å². The molecule has 0 radical (unpaired) electrons. The number of hydrogen-bond donors (Lipinski definition) is 1. The van der Waals surface area contributed by atoms with E-state index in [4.69, 9.17) is 0 Å². The molecule has 1 N–H and O–H groups in total. The third-order valence-corrected chi connectivity index (χ3v) is 7.04. The van der Waals surface area contributed by atoms with Crippen LogP contribution in [-0.2, 0) is 11.2 Å². The minimum atomic E-state index is -0.0318. The van der Waals surface area contributed by atoms with E-state index in [1.165, 1.54) is 22.9 Å². The minimum Gasteiger partial charge on any atom is -0.325 e. The second-order valence-electron chi connectivity index (χ2n) is 7.15. The maximum atomic E-state index is 12.6. The summed E-state index contributed by atoms with van der Waals surface area (Å²) in [4.78, 5) is 22.5. The van der Waals surface area contributed by atoms with E-state index in [1.807, 2.05) is 24.3 Å². The predicted molar refractivity (Wildman–Crippen MR) is 127 cm³/mol. The van der Waals surface area contributed by atoms with Crippen LogP contribution >= 0.6 is 23.1 Å². The zero-order chi connectivity index (χ0) is 21.1. The van der Waals surface area contributed by atoms with E-state index in [9.17, 15) is 4.79 Å². The largest absolute Gasteiger partial charge is 0.325 e. The van der Waals surface area contributed by atoms with Crippen molar-refractivity contribution in [3.05, 3.63) is 70.9 Å². The van der Waals surface area contributed by atoms with Gasteiger partial charge in [-0.15, -0.1) is 11.3 Å². The summed E-state index contributed by atoms with van der Waals surface area (Å²) in [5.41, 5.74) is 6.82. The van der Waals surface area contributed by atoms with Gasteiger partial charge < -0.3 is 5.32 Å². The Morgan fingerprint density at radius 2 is 1.93 bits per heavy atom. The Morgan fingerprint density at radius 3 is 2.73 bits per heavy atom. The molecule has 2 aromatic heterocycles. The second-order valence-corrected chi connectivity index (χ2v) is 8.98. The van der Waals surface area contributed by atoms with E-state index in [0.29, 0.717) is 5.75 Å². The second kappa shape index (κ2) is 8.98. The smallest absolute Gasteiger partial charge is 0.234 e. The molecule has 0 fully saturated rings. The van der Waals surface area contributed by atoms with Crippen LogP contribution < -0.4 is 5.32 Å². The zero-order valence-electron chi connectivity index (χ0n) is 17.2. The lowest BCUT2D eigenvalue weighted by Crippen LogP contribution is -2.15. The molecule has 0 atom stereocenters. The van der Waals surface area contributed by atoms with Crippen LogP contribution in [0.25, 0.3) is 21.3 Å². The van der Waals surface area contributed by atoms with Crippen LogP contribution in [-0.4, -0.2) is 21.6 Å². The number of hydrogen-bond acceptors (Lipinski definition) is 5. The number of nitrogens with one attached hydrogen (secondary N) is 1. The van der Waals surface area contributed by atoms with Gasteiger partial charge in [-0.1, -0.05) is 55.1 Å². The topological polar surface area (TPSA) is 54.9 Å². The molecule has 4 aromatic rings. The molecule has 6 heteroatoms. The lowest BCUT2D eigenvalue weighted by atomic mass is 10.0. The van der Waals surface area contributed by atoms with E-state index < -0.39 is 0 Å². The van der Waals surface area contributed by atoms with Crippen molar-refractivity contribution < 1.29 is 4.79 Å². The van der Waals surface area contributed by atoms with Crippen LogP contribution in [0.15, 0.2) is 59.2 Å². The molecule has 4 rings (SSSR count). The van der Waals surface area contributed by atoms with E-state index >= 15 is 0 Å². The van der Waals surface area contributed by atoms with Gasteiger partial charge in [-0.25, -0.2) is 9.97 Å². The van der Waals surface area contributed by atoms with E-state index in [-0.39, 0.29) is 5.91 Å². The Balaban J connectivity index is 1.58. The minimum absolute atomic E-state index is 0.0318. The number of anilines is 1. The highest BCUT2D eigenvalue weighted by atomic mass is 32.2. The van der Waals surface area contributed by atoms with Crippen LogP contribution in [0, 0.1) is 13.8 Å². The number of amides is 1. The van der Waals surface area contributed by atoms with Crippen LogP contribution in [0.4, 0.5) is 5.69 Å². The van der Waals surface area contributed by atoms with Gasteiger partial charge in [0.05, 0.1) is 11.1 Å². The first-order chi connectivity index (χ1) is 14.6. The molecule has 0 aliphatic heterocycles. The normalized spacial score (nSPS) is 11.0. The van der Waals surface area contributed by atoms with Crippen molar-refractivity contribution in [2.24, 2.45) is 0 Å². The Labute approximate surface area is 184 Å². The summed E-state index contributed by atoms with van der Waals surface area (Å²) in [5.74, 6) is 0.266. The third kappa shape index (κ3) is 4.25. The summed E-state index contributed by atoms with van der Waals surface area (Å²) in [6.07, 6.45) is 2.46. The van der Waals surface area contributed by atoms with Gasteiger partial charge in [0.1, 0.15) is 16.2 Å². The highest BCUT2D eigenvalue weighted by Crippen LogP contribution is 2.38. The summed E-state index contributed by atoms with van der Waals surface area (Å²) >= 11 is 3.06. The maximum Gasteiger partial charge on any atom is 0.234 e. The van der Waals surface area contributed by atoms with Crippen molar-refractivity contribution in [2.75, 3.05) is 11.1 Å². The summed E-state index contributed by atoms with van der Waals surface area (Å²) in [6, 6.07) is 14.4. The Hall–Kier alpha value is -2.70. The lowest BCUT2D eigenvalue weighted by molar-refractivity contribution is -0.113. The first-order valence-corrected chi connectivity index (χ1v) is 11.7. The van der Waals surface area contributed by atoms with Crippen molar-refractivity contribution in [1.29, 1.82) is 0 Å². The van der Waals surface area contributed by atoms with Gasteiger partial charge >= 0.3 is 0 Å². The van der Waals surface area contributed by atoms with E-state index in [2.05, 4.69) is 59.6 Å². The number of thioether (sulfide) groups is 1. The molecule has 0 aliphatic rings. The van der Waals surface area contributed by atoms with Gasteiger partial charge in [0.15, 0.2) is 0 Å². The number of benzene rings is 2. The van der Waals surface area contributed by atoms with Gasteiger partial charge in [-0.3, -0.25) is 4.79 Å². The van der Waals surface area contributed by atoms with E-state index in [0.717, 1.165) is 44.0 Å². The molecule has 2 aromatic carbocycles. The van der Waals surface area contributed by atoms with Crippen molar-refractivity contribution >= 4 is 44.9 Å². The standard InChI is InChI=1S/C24H23N3OS2/c1-4-17-7-5-6-8-20(17)27-21(28)13-30-24-22-19(12-29-23(22)25-14-26-24)18-10-9-15(2)16(3)11-18/h5-12,14H,4,13H2,1-3H3,(H,27,28). The lowest BCUT2D eigenvalue weighted by Gasteiger charge is -2.10. The molecule has 2 heterocycles. The summed E-state index contributed by atoms with van der Waals surface area (Å²) < 4.78 is 0. The molecule has 4 nitrogen and oxygen atoms in total. The van der Waals surface area contributed by atoms with Crippen LogP contribution in [0.1, 0.15) is 23.6 Å².